The lowest BCUT2D eigenvalue weighted by Gasteiger charge is -2.26. The molecule has 0 radical (unpaired) electrons. The average molecular weight is 270 g/mol. The number of amides is 1. The summed E-state index contributed by atoms with van der Waals surface area (Å²) in [6, 6.07) is 0. The number of likely N-dealkylation sites (tertiary alicyclic amines) is 1. The smallest absolute Gasteiger partial charge is 0.410 e. The van der Waals surface area contributed by atoms with Crippen molar-refractivity contribution < 1.29 is 9.53 Å². The van der Waals surface area contributed by atoms with Crippen molar-refractivity contribution in [2.45, 2.75) is 59.0 Å². The Kier molecular flexibility index (Phi) is 6.11. The third-order valence-electron chi connectivity index (χ3n) is 3.64. The maximum atomic E-state index is 12.0. The SMILES string of the molecule is CC(CN)CC1CCCN(C(=O)OC(C)(C)C)CC1. The van der Waals surface area contributed by atoms with Gasteiger partial charge in [-0.2, -0.15) is 0 Å². The van der Waals surface area contributed by atoms with Gasteiger partial charge in [-0.05, 0) is 64.8 Å². The van der Waals surface area contributed by atoms with E-state index in [4.69, 9.17) is 10.5 Å². The quantitative estimate of drug-likeness (QED) is 0.857. The molecule has 2 N–H and O–H groups in total. The number of ether oxygens (including phenoxy) is 1. The molecule has 0 bridgehead atoms. The second kappa shape index (κ2) is 7.13. The van der Waals surface area contributed by atoms with Crippen molar-refractivity contribution in [3.8, 4) is 0 Å². The normalized spacial score (nSPS) is 22.8. The van der Waals surface area contributed by atoms with E-state index in [1.54, 1.807) is 0 Å². The monoisotopic (exact) mass is 270 g/mol. The molecule has 0 spiro atoms. The molecule has 2 unspecified atom stereocenters. The number of hydrogen-bond acceptors (Lipinski definition) is 3. The first-order valence-corrected chi connectivity index (χ1v) is 7.50. The van der Waals surface area contributed by atoms with E-state index >= 15 is 0 Å². The van der Waals surface area contributed by atoms with Crippen LogP contribution in [0.5, 0.6) is 0 Å². The zero-order valence-corrected chi connectivity index (χ0v) is 12.9. The van der Waals surface area contributed by atoms with Gasteiger partial charge in [0.1, 0.15) is 5.60 Å². The van der Waals surface area contributed by atoms with Crippen molar-refractivity contribution in [3.05, 3.63) is 0 Å². The summed E-state index contributed by atoms with van der Waals surface area (Å²) in [5.74, 6) is 1.28. The Bertz CT molecular complexity index is 286. The van der Waals surface area contributed by atoms with E-state index in [0.717, 1.165) is 32.5 Å². The van der Waals surface area contributed by atoms with Crippen LogP contribution in [0.25, 0.3) is 0 Å². The van der Waals surface area contributed by atoms with E-state index in [9.17, 15) is 4.79 Å². The fraction of sp³-hybridized carbons (Fsp3) is 0.933. The van der Waals surface area contributed by atoms with Gasteiger partial charge in [0, 0.05) is 13.1 Å². The Labute approximate surface area is 117 Å². The van der Waals surface area contributed by atoms with Gasteiger partial charge in [-0.25, -0.2) is 4.79 Å². The third kappa shape index (κ3) is 6.28. The van der Waals surface area contributed by atoms with Gasteiger partial charge >= 0.3 is 6.09 Å². The van der Waals surface area contributed by atoms with Crippen LogP contribution < -0.4 is 5.73 Å². The standard InChI is InChI=1S/C15H30N2O2/c1-12(11-16)10-13-6-5-8-17(9-7-13)14(18)19-15(2,3)4/h12-13H,5-11,16H2,1-4H3. The molecule has 1 aliphatic rings. The molecule has 1 rings (SSSR count). The molecule has 4 heteroatoms. The number of nitrogens with two attached hydrogens (primary N) is 1. The summed E-state index contributed by atoms with van der Waals surface area (Å²) in [7, 11) is 0. The van der Waals surface area contributed by atoms with Gasteiger partial charge in [-0.15, -0.1) is 0 Å². The van der Waals surface area contributed by atoms with Crippen molar-refractivity contribution in [1.29, 1.82) is 0 Å². The van der Waals surface area contributed by atoms with E-state index in [-0.39, 0.29) is 6.09 Å². The average Bonchev–Trinajstić information content (AvgIpc) is 2.52. The van der Waals surface area contributed by atoms with Crippen LogP contribution in [-0.2, 0) is 4.74 Å². The van der Waals surface area contributed by atoms with Crippen LogP contribution in [0.1, 0.15) is 53.4 Å². The van der Waals surface area contributed by atoms with Crippen LogP contribution in [0, 0.1) is 11.8 Å². The summed E-state index contributed by atoms with van der Waals surface area (Å²) in [6.45, 7) is 10.3. The Hall–Kier alpha value is -0.770. The Morgan fingerprint density at radius 2 is 2.05 bits per heavy atom. The zero-order valence-electron chi connectivity index (χ0n) is 12.9. The second-order valence-electron chi connectivity index (χ2n) is 6.84. The number of nitrogens with zero attached hydrogens (tertiary/aromatic N) is 1. The first-order valence-electron chi connectivity index (χ1n) is 7.50. The minimum Gasteiger partial charge on any atom is -0.444 e. The van der Waals surface area contributed by atoms with Gasteiger partial charge in [-0.3, -0.25) is 0 Å². The molecule has 0 aromatic carbocycles. The van der Waals surface area contributed by atoms with Crippen molar-refractivity contribution >= 4 is 6.09 Å². The molecule has 2 atom stereocenters. The van der Waals surface area contributed by atoms with Gasteiger partial charge in [-0.1, -0.05) is 6.92 Å². The largest absolute Gasteiger partial charge is 0.444 e. The maximum Gasteiger partial charge on any atom is 0.410 e. The number of rotatable bonds is 3. The molecule has 1 aliphatic heterocycles. The molecular formula is C15H30N2O2. The first kappa shape index (κ1) is 16.3. The molecule has 0 aromatic heterocycles. The van der Waals surface area contributed by atoms with E-state index in [2.05, 4.69) is 6.92 Å². The highest BCUT2D eigenvalue weighted by Gasteiger charge is 2.25. The highest BCUT2D eigenvalue weighted by atomic mass is 16.6. The number of carbonyl (C=O) groups is 1. The van der Waals surface area contributed by atoms with Crippen molar-refractivity contribution in [2.24, 2.45) is 17.6 Å². The molecule has 0 aliphatic carbocycles. The topological polar surface area (TPSA) is 55.6 Å². The molecule has 19 heavy (non-hydrogen) atoms. The summed E-state index contributed by atoms with van der Waals surface area (Å²) in [5.41, 5.74) is 5.28. The minimum atomic E-state index is -0.406. The minimum absolute atomic E-state index is 0.167. The predicted molar refractivity (Wildman–Crippen MR) is 78.0 cm³/mol. The van der Waals surface area contributed by atoms with E-state index in [1.807, 2.05) is 25.7 Å². The Morgan fingerprint density at radius 1 is 1.37 bits per heavy atom. The molecule has 0 aromatic rings. The lowest BCUT2D eigenvalue weighted by atomic mass is 9.90. The fourth-order valence-electron chi connectivity index (χ4n) is 2.58. The summed E-state index contributed by atoms with van der Waals surface area (Å²) >= 11 is 0. The van der Waals surface area contributed by atoms with Crippen molar-refractivity contribution in [2.75, 3.05) is 19.6 Å². The van der Waals surface area contributed by atoms with Gasteiger partial charge in [0.2, 0.25) is 0 Å². The predicted octanol–water partition coefficient (Wildman–Crippen LogP) is 3.01. The number of hydrogen-bond donors (Lipinski definition) is 1. The summed E-state index contributed by atoms with van der Waals surface area (Å²) in [5, 5.41) is 0. The molecule has 0 saturated carbocycles. The van der Waals surface area contributed by atoms with Crippen LogP contribution in [0.4, 0.5) is 4.79 Å². The van der Waals surface area contributed by atoms with Gasteiger partial charge in [0.05, 0.1) is 0 Å². The van der Waals surface area contributed by atoms with Gasteiger partial charge < -0.3 is 15.4 Å². The van der Waals surface area contributed by atoms with Crippen LogP contribution in [0.15, 0.2) is 0 Å². The molecule has 1 heterocycles. The summed E-state index contributed by atoms with van der Waals surface area (Å²) in [4.78, 5) is 13.9. The van der Waals surface area contributed by atoms with Crippen LogP contribution in [-0.4, -0.2) is 36.2 Å². The van der Waals surface area contributed by atoms with E-state index in [1.165, 1.54) is 12.8 Å². The molecule has 1 fully saturated rings. The highest BCUT2D eigenvalue weighted by Crippen LogP contribution is 2.24. The highest BCUT2D eigenvalue weighted by molar-refractivity contribution is 5.68. The Balaban J connectivity index is 2.43. The van der Waals surface area contributed by atoms with Gasteiger partial charge in [0.15, 0.2) is 0 Å². The van der Waals surface area contributed by atoms with Crippen LogP contribution in [0.2, 0.25) is 0 Å². The second-order valence-corrected chi connectivity index (χ2v) is 6.84. The van der Waals surface area contributed by atoms with Gasteiger partial charge in [0.25, 0.3) is 0 Å². The van der Waals surface area contributed by atoms with Crippen LogP contribution in [0.3, 0.4) is 0 Å². The van der Waals surface area contributed by atoms with Crippen molar-refractivity contribution in [3.63, 3.8) is 0 Å². The maximum absolute atomic E-state index is 12.0. The molecular weight excluding hydrogens is 240 g/mol. The first-order chi connectivity index (χ1) is 8.81. The zero-order chi connectivity index (χ0) is 14.5. The molecule has 112 valence electrons. The van der Waals surface area contributed by atoms with E-state index in [0.29, 0.717) is 11.8 Å². The molecule has 4 nitrogen and oxygen atoms in total. The third-order valence-corrected chi connectivity index (χ3v) is 3.64. The fourth-order valence-corrected chi connectivity index (χ4v) is 2.58. The Morgan fingerprint density at radius 3 is 2.63 bits per heavy atom. The lowest BCUT2D eigenvalue weighted by molar-refractivity contribution is 0.0255. The van der Waals surface area contributed by atoms with Crippen LogP contribution >= 0.6 is 0 Å². The molecule has 1 amide bonds. The molecule has 1 saturated heterocycles. The number of carbonyl (C=O) groups excluding carboxylic acids is 1. The van der Waals surface area contributed by atoms with Crippen molar-refractivity contribution in [1.82, 2.24) is 4.90 Å². The summed E-state index contributed by atoms with van der Waals surface area (Å²) < 4.78 is 5.44. The summed E-state index contributed by atoms with van der Waals surface area (Å²) in [6.07, 6.45) is 4.35. The van der Waals surface area contributed by atoms with E-state index < -0.39 is 5.60 Å². The lowest BCUT2D eigenvalue weighted by Crippen LogP contribution is -2.37.